The number of ether oxygens (including phenoxy) is 1. The third kappa shape index (κ3) is 3.23. The van der Waals surface area contributed by atoms with E-state index in [-0.39, 0.29) is 5.91 Å². The number of methoxy groups -OCH3 is 1. The van der Waals surface area contributed by atoms with Crippen LogP contribution >= 0.6 is 0 Å². The summed E-state index contributed by atoms with van der Waals surface area (Å²) in [6.07, 6.45) is 1.67. The molecule has 0 radical (unpaired) electrons. The first-order valence-electron chi connectivity index (χ1n) is 9.20. The molecule has 0 aliphatic carbocycles. The second kappa shape index (κ2) is 7.57. The molecule has 0 heterocycles. The predicted molar refractivity (Wildman–Crippen MR) is 116 cm³/mol. The minimum atomic E-state index is -0.136. The molecule has 4 rings (SSSR count). The van der Waals surface area contributed by atoms with Gasteiger partial charge in [0, 0.05) is 13.1 Å². The average Bonchev–Trinajstić information content (AvgIpc) is 2.77. The van der Waals surface area contributed by atoms with Crippen molar-refractivity contribution in [2.45, 2.75) is 0 Å². The molecule has 28 heavy (non-hydrogen) atoms. The van der Waals surface area contributed by atoms with Crippen molar-refractivity contribution in [2.75, 3.05) is 14.2 Å². The van der Waals surface area contributed by atoms with Crippen molar-refractivity contribution in [1.29, 1.82) is 0 Å². The van der Waals surface area contributed by atoms with Crippen molar-refractivity contribution in [3.05, 3.63) is 96.1 Å². The first kappa shape index (κ1) is 17.8. The topological polar surface area (TPSA) is 38.3 Å². The van der Waals surface area contributed by atoms with Gasteiger partial charge in [-0.1, -0.05) is 60.7 Å². The van der Waals surface area contributed by atoms with Crippen LogP contribution in [-0.2, 0) is 4.79 Å². The van der Waals surface area contributed by atoms with Crippen molar-refractivity contribution in [3.63, 3.8) is 0 Å². The fourth-order valence-corrected chi connectivity index (χ4v) is 3.57. The Bertz CT molecular complexity index is 1190. The Morgan fingerprint density at radius 1 is 0.857 bits per heavy atom. The summed E-state index contributed by atoms with van der Waals surface area (Å²) in [7, 11) is 3.29. The molecule has 1 N–H and O–H groups in total. The monoisotopic (exact) mass is 367 g/mol. The van der Waals surface area contributed by atoms with E-state index in [4.69, 9.17) is 4.74 Å². The van der Waals surface area contributed by atoms with E-state index in [2.05, 4.69) is 41.7 Å². The van der Waals surface area contributed by atoms with Crippen LogP contribution in [0.25, 0.3) is 27.1 Å². The number of likely N-dealkylation sites (N-methyl/N-ethyl adjacent to an activating group) is 1. The molecule has 0 saturated heterocycles. The first-order chi connectivity index (χ1) is 13.7. The van der Waals surface area contributed by atoms with Crippen LogP contribution < -0.4 is 10.1 Å². The molecule has 0 fully saturated rings. The third-order valence-electron chi connectivity index (χ3n) is 4.98. The second-order valence-electron chi connectivity index (χ2n) is 6.59. The van der Waals surface area contributed by atoms with Gasteiger partial charge in [-0.25, -0.2) is 0 Å². The molecular formula is C25H21NO2. The summed E-state index contributed by atoms with van der Waals surface area (Å²) < 4.78 is 5.29. The Labute approximate surface area is 164 Å². The zero-order chi connectivity index (χ0) is 19.5. The number of fused-ring (bicyclic) bond motifs is 3. The van der Waals surface area contributed by atoms with E-state index in [1.54, 1.807) is 20.2 Å². The van der Waals surface area contributed by atoms with Gasteiger partial charge in [0.2, 0.25) is 5.91 Å². The lowest BCUT2D eigenvalue weighted by Crippen LogP contribution is -2.15. The number of benzene rings is 4. The first-order valence-corrected chi connectivity index (χ1v) is 9.20. The highest BCUT2D eigenvalue weighted by Gasteiger charge is 2.13. The van der Waals surface area contributed by atoms with Crippen LogP contribution in [0, 0.1) is 0 Å². The zero-order valence-corrected chi connectivity index (χ0v) is 15.9. The zero-order valence-electron chi connectivity index (χ0n) is 15.9. The van der Waals surface area contributed by atoms with Gasteiger partial charge in [-0.3, -0.25) is 4.79 Å². The summed E-state index contributed by atoms with van der Waals surface area (Å²) in [5.41, 5.74) is 2.87. The third-order valence-corrected chi connectivity index (χ3v) is 4.98. The van der Waals surface area contributed by atoms with Crippen LogP contribution in [0.1, 0.15) is 11.1 Å². The van der Waals surface area contributed by atoms with Gasteiger partial charge in [0.15, 0.2) is 0 Å². The Morgan fingerprint density at radius 2 is 1.50 bits per heavy atom. The van der Waals surface area contributed by atoms with E-state index in [0.717, 1.165) is 33.2 Å². The van der Waals surface area contributed by atoms with Gasteiger partial charge < -0.3 is 10.1 Å². The fourth-order valence-electron chi connectivity index (χ4n) is 3.57. The highest BCUT2D eigenvalue weighted by Crippen LogP contribution is 2.35. The maximum absolute atomic E-state index is 12.3. The van der Waals surface area contributed by atoms with Crippen LogP contribution in [0.15, 0.2) is 84.9 Å². The number of hydrogen-bond donors (Lipinski definition) is 1. The van der Waals surface area contributed by atoms with Crippen molar-refractivity contribution < 1.29 is 9.53 Å². The van der Waals surface area contributed by atoms with E-state index >= 15 is 0 Å². The maximum atomic E-state index is 12.3. The number of nitrogens with one attached hydrogen (secondary N) is 1. The lowest BCUT2D eigenvalue weighted by atomic mass is 9.89. The van der Waals surface area contributed by atoms with Crippen LogP contribution in [0.3, 0.4) is 0 Å². The predicted octanol–water partition coefficient (Wildman–Crippen LogP) is 5.18. The molecule has 4 aromatic carbocycles. The van der Waals surface area contributed by atoms with Gasteiger partial charge >= 0.3 is 0 Å². The largest absolute Gasteiger partial charge is 0.497 e. The van der Waals surface area contributed by atoms with E-state index in [1.165, 1.54) is 10.8 Å². The quantitative estimate of drug-likeness (QED) is 0.399. The van der Waals surface area contributed by atoms with Crippen molar-refractivity contribution in [2.24, 2.45) is 0 Å². The van der Waals surface area contributed by atoms with E-state index < -0.39 is 0 Å². The molecule has 0 spiro atoms. The smallest absolute Gasteiger partial charge is 0.244 e. The molecule has 3 heteroatoms. The summed E-state index contributed by atoms with van der Waals surface area (Å²) in [4.78, 5) is 12.3. The van der Waals surface area contributed by atoms with Crippen LogP contribution in [0.5, 0.6) is 5.75 Å². The Morgan fingerprint density at radius 3 is 2.18 bits per heavy atom. The van der Waals surface area contributed by atoms with E-state index in [1.807, 2.05) is 42.5 Å². The summed E-state index contributed by atoms with van der Waals surface area (Å²) >= 11 is 0. The molecule has 0 bridgehead atoms. The van der Waals surface area contributed by atoms with E-state index in [0.29, 0.717) is 0 Å². The normalized spacial score (nSPS) is 11.6. The molecule has 0 aromatic heterocycles. The minimum absolute atomic E-state index is 0.136. The van der Waals surface area contributed by atoms with Gasteiger partial charge in [0.1, 0.15) is 5.75 Å². The molecule has 0 aliphatic rings. The summed E-state index contributed by atoms with van der Waals surface area (Å²) in [6, 6.07) is 26.6. The maximum Gasteiger partial charge on any atom is 0.244 e. The van der Waals surface area contributed by atoms with Crippen LogP contribution in [0.2, 0.25) is 0 Å². The standard InChI is InChI=1S/C25H21NO2/c1-26-25(27)16-23(17-11-13-19(28-2)14-12-17)24-15-18-7-3-4-8-20(18)21-9-5-6-10-22(21)24/h3-16H,1-2H3,(H,26,27)/b23-16-. The molecule has 1 amide bonds. The molecule has 4 aromatic rings. The van der Waals surface area contributed by atoms with Gasteiger partial charge in [0.05, 0.1) is 7.11 Å². The lowest BCUT2D eigenvalue weighted by Gasteiger charge is -2.15. The minimum Gasteiger partial charge on any atom is -0.497 e. The highest BCUT2D eigenvalue weighted by atomic mass is 16.5. The number of amides is 1. The van der Waals surface area contributed by atoms with Gasteiger partial charge in [-0.05, 0) is 56.4 Å². The van der Waals surface area contributed by atoms with E-state index in [9.17, 15) is 4.79 Å². The highest BCUT2D eigenvalue weighted by molar-refractivity contribution is 6.14. The van der Waals surface area contributed by atoms with Crippen molar-refractivity contribution >= 4 is 33.0 Å². The molecule has 138 valence electrons. The molecule has 0 saturated carbocycles. The second-order valence-corrected chi connectivity index (χ2v) is 6.59. The molecule has 0 aliphatic heterocycles. The summed E-state index contributed by atoms with van der Waals surface area (Å²) in [5.74, 6) is 0.648. The van der Waals surface area contributed by atoms with Gasteiger partial charge in [0.25, 0.3) is 0 Å². The number of carbonyl (C=O) groups excluding carboxylic acids is 1. The molecule has 0 atom stereocenters. The Hall–Kier alpha value is -3.59. The molecular weight excluding hydrogens is 346 g/mol. The van der Waals surface area contributed by atoms with Crippen LogP contribution in [-0.4, -0.2) is 20.1 Å². The fraction of sp³-hybridized carbons (Fsp3) is 0.0800. The Balaban J connectivity index is 2.03. The summed E-state index contributed by atoms with van der Waals surface area (Å²) in [6.45, 7) is 0. The van der Waals surface area contributed by atoms with Gasteiger partial charge in [-0.15, -0.1) is 0 Å². The number of rotatable bonds is 4. The number of hydrogen-bond acceptors (Lipinski definition) is 2. The van der Waals surface area contributed by atoms with Crippen molar-refractivity contribution in [1.82, 2.24) is 5.32 Å². The lowest BCUT2D eigenvalue weighted by molar-refractivity contribution is -0.116. The van der Waals surface area contributed by atoms with Crippen LogP contribution in [0.4, 0.5) is 0 Å². The average molecular weight is 367 g/mol. The van der Waals surface area contributed by atoms with Gasteiger partial charge in [-0.2, -0.15) is 0 Å². The SMILES string of the molecule is CNC(=O)/C=C(/c1ccc(OC)cc1)c1cc2ccccc2c2ccccc12. The molecule has 3 nitrogen and oxygen atoms in total. The summed E-state index contributed by atoms with van der Waals surface area (Å²) in [5, 5.41) is 7.34. The Kier molecular flexibility index (Phi) is 4.81. The molecule has 0 unspecified atom stereocenters. The van der Waals surface area contributed by atoms with Crippen molar-refractivity contribution in [3.8, 4) is 5.75 Å². The number of carbonyl (C=O) groups is 1.